The normalized spacial score (nSPS) is 31.7. The molecule has 1 saturated carbocycles. The molecule has 0 N–H and O–H groups in total. The highest BCUT2D eigenvalue weighted by Crippen LogP contribution is 2.36. The second kappa shape index (κ2) is 15.7. The molecule has 10 atom stereocenters. The smallest absolute Gasteiger partial charge is 0.303 e. The van der Waals surface area contributed by atoms with Crippen molar-refractivity contribution in [2.75, 3.05) is 6.54 Å². The first-order valence-corrected chi connectivity index (χ1v) is 12.1. The highest BCUT2D eigenvalue weighted by Gasteiger charge is 2.54. The van der Waals surface area contributed by atoms with Crippen LogP contribution < -0.4 is 0 Å². The van der Waals surface area contributed by atoms with Crippen molar-refractivity contribution >= 4 is 23.9 Å². The molecule has 0 aromatic carbocycles. The van der Waals surface area contributed by atoms with Crippen LogP contribution in [-0.2, 0) is 47.6 Å². The van der Waals surface area contributed by atoms with Crippen molar-refractivity contribution in [2.24, 2.45) is 20.5 Å². The van der Waals surface area contributed by atoms with Crippen molar-refractivity contribution in [2.45, 2.75) is 95.2 Å². The van der Waals surface area contributed by atoms with Gasteiger partial charge in [0.2, 0.25) is 0 Å². The van der Waals surface area contributed by atoms with Gasteiger partial charge in [0.25, 0.3) is 0 Å². The zero-order chi connectivity index (χ0) is 31.4. The minimum absolute atomic E-state index is 0.265. The van der Waals surface area contributed by atoms with Crippen molar-refractivity contribution in [3.63, 3.8) is 0 Å². The minimum Gasteiger partial charge on any atom is -0.458 e. The van der Waals surface area contributed by atoms with Crippen LogP contribution in [0.25, 0.3) is 41.8 Å². The van der Waals surface area contributed by atoms with Gasteiger partial charge in [-0.2, -0.15) is 0 Å². The quantitative estimate of drug-likeness (QED) is 0.110. The number of carbonyl (C=O) groups is 4. The van der Waals surface area contributed by atoms with Gasteiger partial charge in [-0.15, -0.1) is 0 Å². The van der Waals surface area contributed by atoms with Crippen LogP contribution in [0.2, 0.25) is 0 Å². The number of carbonyl (C=O) groups excluding carboxylic acids is 4. The molecule has 2 fully saturated rings. The third-order valence-electron chi connectivity index (χ3n) is 5.91. The van der Waals surface area contributed by atoms with Crippen molar-refractivity contribution in [3.05, 3.63) is 41.8 Å². The molecule has 2 aliphatic rings. The molecular weight excluding hydrogens is 568 g/mol. The second-order valence-electron chi connectivity index (χ2n) is 8.83. The summed E-state index contributed by atoms with van der Waals surface area (Å²) in [5.41, 5.74) is 36.5. The maximum atomic E-state index is 12.1. The van der Waals surface area contributed by atoms with Gasteiger partial charge in [-0.1, -0.05) is 20.5 Å². The Morgan fingerprint density at radius 3 is 1.64 bits per heavy atom. The van der Waals surface area contributed by atoms with Crippen LogP contribution in [0.1, 0.15) is 34.1 Å². The molecule has 226 valence electrons. The van der Waals surface area contributed by atoms with Crippen LogP contribution in [0.5, 0.6) is 0 Å². The molecular formula is C20H26N12O10. The van der Waals surface area contributed by atoms with Crippen LogP contribution in [0.4, 0.5) is 0 Å². The molecule has 2 rings (SSSR count). The zero-order valence-electron chi connectivity index (χ0n) is 22.6. The monoisotopic (exact) mass is 594 g/mol. The Morgan fingerprint density at radius 2 is 1.14 bits per heavy atom. The molecule has 1 heterocycles. The van der Waals surface area contributed by atoms with Crippen LogP contribution in [-0.4, -0.2) is 91.5 Å². The first-order valence-electron chi connectivity index (χ1n) is 12.1. The summed E-state index contributed by atoms with van der Waals surface area (Å²) < 4.78 is 33.2. The van der Waals surface area contributed by atoms with Crippen molar-refractivity contribution < 1.29 is 47.6 Å². The summed E-state index contributed by atoms with van der Waals surface area (Å²) in [5.74, 6) is -3.46. The van der Waals surface area contributed by atoms with E-state index >= 15 is 0 Å². The third kappa shape index (κ3) is 8.77. The predicted octanol–water partition coefficient (Wildman–Crippen LogP) is 2.57. The fourth-order valence-electron chi connectivity index (χ4n) is 4.60. The highest BCUT2D eigenvalue weighted by atomic mass is 16.7. The summed E-state index contributed by atoms with van der Waals surface area (Å²) in [6.07, 6.45) is -10.8. The molecule has 1 aliphatic heterocycles. The second-order valence-corrected chi connectivity index (χ2v) is 8.83. The maximum absolute atomic E-state index is 12.1. The van der Waals surface area contributed by atoms with E-state index in [1.165, 1.54) is 0 Å². The molecule has 1 saturated heterocycles. The van der Waals surface area contributed by atoms with Gasteiger partial charge in [0, 0.05) is 47.3 Å². The average molecular weight is 595 g/mol. The molecule has 0 aromatic heterocycles. The number of azide groups is 4. The summed E-state index contributed by atoms with van der Waals surface area (Å²) in [7, 11) is 0. The molecule has 0 bridgehead atoms. The van der Waals surface area contributed by atoms with Crippen LogP contribution in [0.15, 0.2) is 20.5 Å². The summed E-state index contributed by atoms with van der Waals surface area (Å²) in [6, 6.07) is -4.03. The van der Waals surface area contributed by atoms with Crippen molar-refractivity contribution in [1.29, 1.82) is 0 Å². The summed E-state index contributed by atoms with van der Waals surface area (Å²) in [5, 5.41) is 14.3. The minimum atomic E-state index is -1.72. The zero-order valence-corrected chi connectivity index (χ0v) is 22.6. The van der Waals surface area contributed by atoms with Crippen molar-refractivity contribution in [3.8, 4) is 0 Å². The van der Waals surface area contributed by atoms with E-state index in [1.807, 2.05) is 0 Å². The Kier molecular flexibility index (Phi) is 12.5. The van der Waals surface area contributed by atoms with E-state index in [0.29, 0.717) is 0 Å². The SMILES string of the molecule is CC(=O)O[C@@H]1[C@@H](OC(C)=O)[C@H](N=[N+]=[N-])C[C@H](N=[N+]=[N-])[C@H]1O[C@H]1O[C@H](CN=[N+]=[N-])[C@@H](OC(C)=O)[C@H](OC(C)=O)[C@H]1N=[N+]=[N-]. The standard InChI is InChI=1S/C20H26N12O10/c1-7(33)37-15-11(26-30-22)5-12(27-31-23)16(19(15)40-10(4)36)42-20-14(28-32-24)18(39-9(3)35)17(38-8(2)34)13(41-20)6-25-29-21/h11-20H,5-6H2,1-4H3/t11-,12+,13-,14-,15+,16-,17-,18-,19-,20-/m1/s1. The molecule has 22 nitrogen and oxygen atoms in total. The lowest BCUT2D eigenvalue weighted by Crippen LogP contribution is -2.64. The topological polar surface area (TPSA) is 319 Å². The van der Waals surface area contributed by atoms with E-state index < -0.39 is 91.5 Å². The molecule has 22 heteroatoms. The molecule has 0 radical (unpaired) electrons. The predicted molar refractivity (Wildman–Crippen MR) is 133 cm³/mol. The van der Waals surface area contributed by atoms with Gasteiger partial charge in [-0.05, 0) is 28.5 Å². The molecule has 1 aliphatic carbocycles. The molecule has 0 aromatic rings. The van der Waals surface area contributed by atoms with Crippen LogP contribution in [0, 0.1) is 0 Å². The summed E-state index contributed by atoms with van der Waals surface area (Å²) in [4.78, 5) is 58.7. The lowest BCUT2D eigenvalue weighted by Gasteiger charge is -2.47. The van der Waals surface area contributed by atoms with Gasteiger partial charge in [0.05, 0.1) is 18.6 Å². The van der Waals surface area contributed by atoms with E-state index in [4.69, 9.17) is 39.5 Å². The van der Waals surface area contributed by atoms with Crippen LogP contribution in [0.3, 0.4) is 0 Å². The first kappa shape index (κ1) is 33.2. The van der Waals surface area contributed by atoms with Gasteiger partial charge in [0.15, 0.2) is 24.6 Å². The third-order valence-corrected chi connectivity index (χ3v) is 5.91. The van der Waals surface area contributed by atoms with E-state index in [2.05, 4.69) is 40.1 Å². The number of hydrogen-bond acceptors (Lipinski definition) is 14. The largest absolute Gasteiger partial charge is 0.458 e. The lowest BCUT2D eigenvalue weighted by molar-refractivity contribution is -0.292. The van der Waals surface area contributed by atoms with Gasteiger partial charge in [0.1, 0.15) is 24.4 Å². The van der Waals surface area contributed by atoms with E-state index in [1.54, 1.807) is 0 Å². The number of hydrogen-bond donors (Lipinski definition) is 0. The van der Waals surface area contributed by atoms with E-state index in [0.717, 1.165) is 27.7 Å². The van der Waals surface area contributed by atoms with E-state index in [-0.39, 0.29) is 6.42 Å². The number of rotatable bonds is 11. The lowest BCUT2D eigenvalue weighted by atomic mass is 9.84. The number of esters is 4. The highest BCUT2D eigenvalue weighted by molar-refractivity contribution is 5.68. The number of nitrogens with zero attached hydrogens (tertiary/aromatic N) is 12. The number of ether oxygens (including phenoxy) is 6. The van der Waals surface area contributed by atoms with Crippen molar-refractivity contribution in [1.82, 2.24) is 0 Å². The van der Waals surface area contributed by atoms with Crippen LogP contribution >= 0.6 is 0 Å². The fourth-order valence-corrected chi connectivity index (χ4v) is 4.60. The molecule has 0 amide bonds. The van der Waals surface area contributed by atoms with Gasteiger partial charge in [-0.3, -0.25) is 19.2 Å². The maximum Gasteiger partial charge on any atom is 0.303 e. The molecule has 42 heavy (non-hydrogen) atoms. The van der Waals surface area contributed by atoms with Gasteiger partial charge < -0.3 is 28.4 Å². The van der Waals surface area contributed by atoms with E-state index in [9.17, 15) is 30.2 Å². The van der Waals surface area contributed by atoms with Gasteiger partial charge in [-0.25, -0.2) is 0 Å². The van der Waals surface area contributed by atoms with Gasteiger partial charge >= 0.3 is 23.9 Å². The Morgan fingerprint density at radius 1 is 0.667 bits per heavy atom. The average Bonchev–Trinajstić information content (AvgIpc) is 2.89. The fraction of sp³-hybridized carbons (Fsp3) is 0.800. The Balaban J connectivity index is 2.69. The Labute approximate surface area is 236 Å². The Hall–Kier alpha value is -4.96. The summed E-state index contributed by atoms with van der Waals surface area (Å²) >= 11 is 0. The Bertz CT molecular complexity index is 1240. The molecule has 0 unspecified atom stereocenters. The summed E-state index contributed by atoms with van der Waals surface area (Å²) in [6.45, 7) is 3.67. The molecule has 0 spiro atoms. The first-order chi connectivity index (χ1) is 20.0.